The molecule has 1 aliphatic heterocycles. The highest BCUT2D eigenvalue weighted by Crippen LogP contribution is 2.41. The third-order valence-electron chi connectivity index (χ3n) is 3.87. The van der Waals surface area contributed by atoms with Gasteiger partial charge in [-0.15, -0.1) is 0 Å². The minimum atomic E-state index is -0.693. The van der Waals surface area contributed by atoms with Gasteiger partial charge < -0.3 is 10.1 Å². The van der Waals surface area contributed by atoms with E-state index in [0.29, 0.717) is 19.4 Å². The largest absolute Gasteiger partial charge is 0.378 e. The molecule has 0 spiro atoms. The monoisotopic (exact) mass is 229 g/mol. The molecule has 2 rings (SSSR count). The second-order valence-corrected chi connectivity index (χ2v) is 5.14. The molecule has 0 aromatic heterocycles. The maximum absolute atomic E-state index is 12.9. The van der Waals surface area contributed by atoms with E-state index >= 15 is 0 Å². The van der Waals surface area contributed by atoms with E-state index in [1.54, 1.807) is 0 Å². The van der Waals surface area contributed by atoms with Gasteiger partial charge in [0.05, 0.1) is 11.5 Å². The lowest BCUT2D eigenvalue weighted by Crippen LogP contribution is -2.52. The molecule has 2 atom stereocenters. The molecule has 0 aromatic rings. The van der Waals surface area contributed by atoms with Crippen LogP contribution in [0.5, 0.6) is 0 Å². The Balaban J connectivity index is 1.86. The number of rotatable bonds is 3. The molecule has 1 amide bonds. The third kappa shape index (κ3) is 2.21. The van der Waals surface area contributed by atoms with Crippen LogP contribution in [0.3, 0.4) is 0 Å². The summed E-state index contributed by atoms with van der Waals surface area (Å²) in [6.45, 7) is 2.18. The standard InChI is InChI=1S/C12H20FNO2/c1-9-7-10(3-6-16-9)14-11(15)12(8-13)4-2-5-12/h9-10H,2-8H2,1H3,(H,14,15). The lowest BCUT2D eigenvalue weighted by molar-refractivity contribution is -0.139. The first-order valence-corrected chi connectivity index (χ1v) is 6.15. The number of carbonyl (C=O) groups excluding carboxylic acids is 1. The van der Waals surface area contributed by atoms with Crippen LogP contribution in [0, 0.1) is 5.41 Å². The Morgan fingerprint density at radius 2 is 2.31 bits per heavy atom. The van der Waals surface area contributed by atoms with Crippen molar-refractivity contribution in [3.63, 3.8) is 0 Å². The molecular weight excluding hydrogens is 209 g/mol. The molecule has 16 heavy (non-hydrogen) atoms. The number of hydrogen-bond donors (Lipinski definition) is 1. The number of hydrogen-bond acceptors (Lipinski definition) is 2. The molecule has 2 fully saturated rings. The molecule has 1 heterocycles. The Hall–Kier alpha value is -0.640. The summed E-state index contributed by atoms with van der Waals surface area (Å²) in [5.74, 6) is -0.0830. The van der Waals surface area contributed by atoms with Gasteiger partial charge in [0.2, 0.25) is 5.91 Å². The highest BCUT2D eigenvalue weighted by atomic mass is 19.1. The van der Waals surface area contributed by atoms with Gasteiger partial charge in [-0.3, -0.25) is 4.79 Å². The van der Waals surface area contributed by atoms with Crippen LogP contribution in [0.25, 0.3) is 0 Å². The van der Waals surface area contributed by atoms with Gasteiger partial charge >= 0.3 is 0 Å². The van der Waals surface area contributed by atoms with Crippen LogP contribution in [-0.2, 0) is 9.53 Å². The molecule has 1 saturated heterocycles. The minimum absolute atomic E-state index is 0.0830. The number of halogens is 1. The van der Waals surface area contributed by atoms with Crippen LogP contribution in [0.1, 0.15) is 39.0 Å². The summed E-state index contributed by atoms with van der Waals surface area (Å²) in [5, 5.41) is 2.98. The minimum Gasteiger partial charge on any atom is -0.378 e. The predicted molar refractivity (Wildman–Crippen MR) is 58.8 cm³/mol. The average Bonchev–Trinajstić information content (AvgIpc) is 2.16. The van der Waals surface area contributed by atoms with E-state index in [4.69, 9.17) is 4.74 Å². The van der Waals surface area contributed by atoms with Gasteiger partial charge in [-0.1, -0.05) is 6.42 Å². The van der Waals surface area contributed by atoms with Crippen LogP contribution in [0.15, 0.2) is 0 Å². The topological polar surface area (TPSA) is 38.3 Å². The van der Waals surface area contributed by atoms with Crippen LogP contribution in [-0.4, -0.2) is 31.3 Å². The van der Waals surface area contributed by atoms with Crippen LogP contribution in [0.2, 0.25) is 0 Å². The van der Waals surface area contributed by atoms with E-state index in [1.807, 2.05) is 6.92 Å². The molecule has 2 unspecified atom stereocenters. The summed E-state index contributed by atoms with van der Waals surface area (Å²) >= 11 is 0. The van der Waals surface area contributed by atoms with Gasteiger partial charge in [0.15, 0.2) is 0 Å². The number of alkyl halides is 1. The fourth-order valence-corrected chi connectivity index (χ4v) is 2.49. The Morgan fingerprint density at radius 1 is 1.56 bits per heavy atom. The summed E-state index contributed by atoms with van der Waals surface area (Å²) < 4.78 is 18.3. The summed E-state index contributed by atoms with van der Waals surface area (Å²) in [7, 11) is 0. The Kier molecular flexibility index (Phi) is 3.47. The van der Waals surface area contributed by atoms with Crippen molar-refractivity contribution in [3.8, 4) is 0 Å². The fourth-order valence-electron chi connectivity index (χ4n) is 2.49. The van der Waals surface area contributed by atoms with E-state index in [-0.39, 0.29) is 18.1 Å². The third-order valence-corrected chi connectivity index (χ3v) is 3.87. The maximum Gasteiger partial charge on any atom is 0.229 e. The Morgan fingerprint density at radius 3 is 2.81 bits per heavy atom. The Bertz CT molecular complexity index is 260. The smallest absolute Gasteiger partial charge is 0.229 e. The summed E-state index contributed by atoms with van der Waals surface area (Å²) in [5.41, 5.74) is -0.693. The first-order valence-electron chi connectivity index (χ1n) is 6.15. The number of ether oxygens (including phenoxy) is 1. The summed E-state index contributed by atoms with van der Waals surface area (Å²) in [6.07, 6.45) is 4.26. The van der Waals surface area contributed by atoms with Crippen molar-refractivity contribution in [3.05, 3.63) is 0 Å². The van der Waals surface area contributed by atoms with Gasteiger partial charge in [0.1, 0.15) is 6.67 Å². The molecule has 0 aromatic carbocycles. The first-order chi connectivity index (χ1) is 7.66. The number of amides is 1. The van der Waals surface area contributed by atoms with E-state index in [1.165, 1.54) is 0 Å². The van der Waals surface area contributed by atoms with Gasteiger partial charge in [-0.2, -0.15) is 0 Å². The van der Waals surface area contributed by atoms with E-state index in [0.717, 1.165) is 19.3 Å². The van der Waals surface area contributed by atoms with Gasteiger partial charge in [-0.25, -0.2) is 4.39 Å². The lowest BCUT2D eigenvalue weighted by Gasteiger charge is -2.39. The van der Waals surface area contributed by atoms with E-state index < -0.39 is 12.1 Å². The average molecular weight is 229 g/mol. The summed E-state index contributed by atoms with van der Waals surface area (Å²) in [4.78, 5) is 12.0. The molecule has 1 aliphatic carbocycles. The van der Waals surface area contributed by atoms with E-state index in [2.05, 4.69) is 5.32 Å². The molecule has 0 bridgehead atoms. The second-order valence-electron chi connectivity index (χ2n) is 5.14. The molecule has 1 saturated carbocycles. The van der Waals surface area contributed by atoms with Crippen LogP contribution in [0.4, 0.5) is 4.39 Å². The van der Waals surface area contributed by atoms with Crippen molar-refractivity contribution >= 4 is 5.91 Å². The highest BCUT2D eigenvalue weighted by molar-refractivity contribution is 5.83. The number of carbonyl (C=O) groups is 1. The van der Waals surface area contributed by atoms with Gasteiger partial charge in [0.25, 0.3) is 0 Å². The molecule has 4 heteroatoms. The number of nitrogens with one attached hydrogen (secondary N) is 1. The van der Waals surface area contributed by atoms with Crippen molar-refractivity contribution in [2.45, 2.75) is 51.2 Å². The van der Waals surface area contributed by atoms with Crippen molar-refractivity contribution in [1.29, 1.82) is 0 Å². The molecule has 3 nitrogen and oxygen atoms in total. The normalized spacial score (nSPS) is 32.9. The fraction of sp³-hybridized carbons (Fsp3) is 0.917. The maximum atomic E-state index is 12.9. The second kappa shape index (κ2) is 4.70. The zero-order chi connectivity index (χ0) is 11.6. The lowest BCUT2D eigenvalue weighted by atomic mass is 9.69. The van der Waals surface area contributed by atoms with Crippen LogP contribution < -0.4 is 5.32 Å². The van der Waals surface area contributed by atoms with Crippen LogP contribution >= 0.6 is 0 Å². The highest BCUT2D eigenvalue weighted by Gasteiger charge is 2.45. The molecule has 1 N–H and O–H groups in total. The SMILES string of the molecule is CC1CC(NC(=O)C2(CF)CCC2)CCO1. The quantitative estimate of drug-likeness (QED) is 0.801. The van der Waals surface area contributed by atoms with Crippen molar-refractivity contribution in [2.24, 2.45) is 5.41 Å². The predicted octanol–water partition coefficient (Wildman–Crippen LogP) is 1.81. The van der Waals surface area contributed by atoms with Gasteiger partial charge in [-0.05, 0) is 32.6 Å². The van der Waals surface area contributed by atoms with Crippen molar-refractivity contribution in [2.75, 3.05) is 13.3 Å². The zero-order valence-electron chi connectivity index (χ0n) is 9.80. The molecule has 2 aliphatic rings. The zero-order valence-corrected chi connectivity index (χ0v) is 9.80. The summed E-state index contributed by atoms with van der Waals surface area (Å²) in [6, 6.07) is 0.167. The molecule has 0 radical (unpaired) electrons. The Labute approximate surface area is 95.7 Å². The van der Waals surface area contributed by atoms with E-state index in [9.17, 15) is 9.18 Å². The molecule has 92 valence electrons. The van der Waals surface area contributed by atoms with Gasteiger partial charge in [0, 0.05) is 12.6 Å². The molecular formula is C12H20FNO2. The van der Waals surface area contributed by atoms with Crippen molar-refractivity contribution < 1.29 is 13.9 Å². The van der Waals surface area contributed by atoms with Crippen molar-refractivity contribution in [1.82, 2.24) is 5.32 Å². The first kappa shape index (κ1) is 11.8.